The predicted molar refractivity (Wildman–Crippen MR) is 129 cm³/mol. The Morgan fingerprint density at radius 1 is 1.21 bits per heavy atom. The topological polar surface area (TPSA) is 87.4 Å². The zero-order chi connectivity index (χ0) is 23.4. The molecule has 0 bridgehead atoms. The number of nitrogens with zero attached hydrogens (tertiary/aromatic N) is 3. The molecule has 1 aliphatic rings. The Balaban J connectivity index is 1.56. The second-order valence-corrected chi connectivity index (χ2v) is 9.38. The largest absolute Gasteiger partial charge is 0.497 e. The van der Waals surface area contributed by atoms with Crippen LogP contribution in [0.2, 0.25) is 0 Å². The number of carbonyl (C=O) groups excluding carboxylic acids is 2. The van der Waals surface area contributed by atoms with Gasteiger partial charge < -0.3 is 19.5 Å². The van der Waals surface area contributed by atoms with Gasteiger partial charge in [-0.2, -0.15) is 5.26 Å². The normalized spacial score (nSPS) is 14.3. The number of piperidine rings is 1. The molecule has 1 fully saturated rings. The Labute approximate surface area is 197 Å². The van der Waals surface area contributed by atoms with Crippen LogP contribution in [0.25, 0.3) is 10.2 Å². The Bertz CT molecular complexity index is 1180. The molecule has 0 radical (unpaired) electrons. The van der Waals surface area contributed by atoms with Crippen molar-refractivity contribution in [3.05, 3.63) is 52.5 Å². The zero-order valence-electron chi connectivity index (χ0n) is 19.0. The fourth-order valence-electron chi connectivity index (χ4n) is 4.26. The number of likely N-dealkylation sites (tertiary alicyclic amines) is 1. The third kappa shape index (κ3) is 4.88. The highest BCUT2D eigenvalue weighted by molar-refractivity contribution is 7.19. The molecule has 8 heteroatoms. The summed E-state index contributed by atoms with van der Waals surface area (Å²) in [4.78, 5) is 28.3. The van der Waals surface area contributed by atoms with E-state index in [1.165, 1.54) is 11.3 Å². The van der Waals surface area contributed by atoms with E-state index in [0.717, 1.165) is 28.0 Å². The summed E-state index contributed by atoms with van der Waals surface area (Å²) in [5.41, 5.74) is 2.55. The highest BCUT2D eigenvalue weighted by atomic mass is 32.1. The van der Waals surface area contributed by atoms with E-state index in [4.69, 9.17) is 4.74 Å². The average molecular weight is 465 g/mol. The van der Waals surface area contributed by atoms with Crippen molar-refractivity contribution < 1.29 is 14.3 Å². The maximum Gasteiger partial charge on any atom is 0.270 e. The van der Waals surface area contributed by atoms with Crippen molar-refractivity contribution >= 4 is 33.4 Å². The molecule has 33 heavy (non-hydrogen) atoms. The van der Waals surface area contributed by atoms with Gasteiger partial charge in [-0.15, -0.1) is 11.3 Å². The maximum atomic E-state index is 13.5. The first kappa shape index (κ1) is 22.9. The van der Waals surface area contributed by atoms with Crippen LogP contribution in [0.3, 0.4) is 0 Å². The lowest BCUT2D eigenvalue weighted by atomic mass is 9.95. The number of thiophene rings is 1. The van der Waals surface area contributed by atoms with Crippen molar-refractivity contribution in [2.75, 3.05) is 26.7 Å². The van der Waals surface area contributed by atoms with Gasteiger partial charge in [0.2, 0.25) is 5.91 Å². The highest BCUT2D eigenvalue weighted by Gasteiger charge is 2.29. The van der Waals surface area contributed by atoms with Crippen molar-refractivity contribution in [1.82, 2.24) is 14.8 Å². The van der Waals surface area contributed by atoms with Crippen LogP contribution >= 0.6 is 11.3 Å². The molecule has 0 aliphatic carbocycles. The summed E-state index contributed by atoms with van der Waals surface area (Å²) in [5, 5.41) is 12.3. The molecule has 172 valence electrons. The number of hydrogen-bond donors (Lipinski definition) is 1. The molecule has 3 heterocycles. The number of nitrogens with one attached hydrogen (secondary N) is 1. The van der Waals surface area contributed by atoms with Crippen LogP contribution in [0.1, 0.15) is 47.1 Å². The number of rotatable bonds is 7. The average Bonchev–Trinajstić information content (AvgIpc) is 3.41. The lowest BCUT2D eigenvalue weighted by molar-refractivity contribution is -0.126. The van der Waals surface area contributed by atoms with E-state index in [0.29, 0.717) is 49.6 Å². The molecule has 0 saturated carbocycles. The van der Waals surface area contributed by atoms with Crippen molar-refractivity contribution in [3.63, 3.8) is 0 Å². The predicted octanol–water partition coefficient (Wildman–Crippen LogP) is 4.01. The highest BCUT2D eigenvalue weighted by Crippen LogP contribution is 2.31. The number of hydrogen-bond acceptors (Lipinski definition) is 5. The number of fused-ring (bicyclic) bond motifs is 1. The fraction of sp³-hybridized carbons (Fsp3) is 0.400. The molecule has 3 aromatic rings. The smallest absolute Gasteiger partial charge is 0.270 e. The van der Waals surface area contributed by atoms with E-state index in [1.54, 1.807) is 7.11 Å². The van der Waals surface area contributed by atoms with Crippen molar-refractivity contribution in [3.8, 4) is 11.8 Å². The first-order valence-electron chi connectivity index (χ1n) is 11.3. The second-order valence-electron chi connectivity index (χ2n) is 8.29. The molecule has 1 saturated heterocycles. The quantitative estimate of drug-likeness (QED) is 0.572. The molecule has 2 amide bonds. The summed E-state index contributed by atoms with van der Waals surface area (Å²) in [6, 6.07) is 13.7. The Hall–Kier alpha value is -3.31. The van der Waals surface area contributed by atoms with Crippen LogP contribution in [0, 0.1) is 17.2 Å². The number of aromatic nitrogens is 1. The van der Waals surface area contributed by atoms with Gasteiger partial charge in [0, 0.05) is 32.1 Å². The van der Waals surface area contributed by atoms with E-state index >= 15 is 0 Å². The van der Waals surface area contributed by atoms with Gasteiger partial charge in [0.1, 0.15) is 22.4 Å². The molecule has 0 spiro atoms. The van der Waals surface area contributed by atoms with E-state index in [-0.39, 0.29) is 17.7 Å². The number of ether oxygens (including phenoxy) is 1. The second kappa shape index (κ2) is 10.1. The third-order valence-electron chi connectivity index (χ3n) is 6.12. The summed E-state index contributed by atoms with van der Waals surface area (Å²) in [6.07, 6.45) is 2.26. The Morgan fingerprint density at radius 3 is 2.58 bits per heavy atom. The lowest BCUT2D eigenvalue weighted by Gasteiger charge is -2.31. The van der Waals surface area contributed by atoms with Crippen molar-refractivity contribution in [1.29, 1.82) is 5.26 Å². The van der Waals surface area contributed by atoms with Crippen LogP contribution in [-0.4, -0.2) is 48.0 Å². The minimum Gasteiger partial charge on any atom is -0.497 e. The summed E-state index contributed by atoms with van der Waals surface area (Å²) in [5.74, 6) is 0.809. The van der Waals surface area contributed by atoms with Crippen molar-refractivity contribution in [2.24, 2.45) is 5.92 Å². The fourth-order valence-corrected chi connectivity index (χ4v) is 5.15. The summed E-state index contributed by atoms with van der Waals surface area (Å²) < 4.78 is 8.18. The van der Waals surface area contributed by atoms with Crippen LogP contribution in [0.5, 0.6) is 5.75 Å². The van der Waals surface area contributed by atoms with Crippen LogP contribution in [0.4, 0.5) is 0 Å². The number of amides is 2. The molecule has 7 nitrogen and oxygen atoms in total. The van der Waals surface area contributed by atoms with Gasteiger partial charge in [0.15, 0.2) is 0 Å². The molecule has 1 N–H and O–H groups in total. The maximum absolute atomic E-state index is 13.5. The van der Waals surface area contributed by atoms with Gasteiger partial charge in [-0.3, -0.25) is 9.59 Å². The minimum absolute atomic E-state index is 0.0298. The van der Waals surface area contributed by atoms with Gasteiger partial charge in [0.25, 0.3) is 5.91 Å². The Kier molecular flexibility index (Phi) is 6.99. The van der Waals surface area contributed by atoms with E-state index < -0.39 is 0 Å². The van der Waals surface area contributed by atoms with Crippen LogP contribution in [-0.2, 0) is 11.3 Å². The molecule has 0 unspecified atom stereocenters. The summed E-state index contributed by atoms with van der Waals surface area (Å²) in [6.45, 7) is 4.37. The van der Waals surface area contributed by atoms with Crippen LogP contribution < -0.4 is 10.1 Å². The van der Waals surface area contributed by atoms with Gasteiger partial charge in [0.05, 0.1) is 17.3 Å². The van der Waals surface area contributed by atoms with E-state index in [9.17, 15) is 14.9 Å². The standard InChI is InChI=1S/C25H28N4O3S/c1-3-10-27-24(30)18-8-11-28(12-9-18)25(31)22-14-23-21(13-20(15-26)33-23)29(22)16-17-4-6-19(32-2)7-5-17/h4-7,13-14,18H,3,8-12,16H2,1-2H3,(H,27,30). The van der Waals surface area contributed by atoms with Gasteiger partial charge >= 0.3 is 0 Å². The summed E-state index contributed by atoms with van der Waals surface area (Å²) in [7, 11) is 1.63. The number of benzene rings is 1. The molecule has 0 atom stereocenters. The zero-order valence-corrected chi connectivity index (χ0v) is 19.8. The number of carbonyl (C=O) groups is 2. The summed E-state index contributed by atoms with van der Waals surface area (Å²) >= 11 is 1.40. The number of nitriles is 1. The molecule has 2 aromatic heterocycles. The number of methoxy groups -OCH3 is 1. The van der Waals surface area contributed by atoms with Gasteiger partial charge in [-0.05, 0) is 49.1 Å². The van der Waals surface area contributed by atoms with E-state index in [1.807, 2.05) is 52.8 Å². The minimum atomic E-state index is -0.0339. The van der Waals surface area contributed by atoms with Gasteiger partial charge in [-0.1, -0.05) is 19.1 Å². The third-order valence-corrected chi connectivity index (χ3v) is 7.10. The molecule has 1 aromatic carbocycles. The SMILES string of the molecule is CCCNC(=O)C1CCN(C(=O)c2cc3sc(C#N)cc3n2Cc2ccc(OC)cc2)CC1. The van der Waals surface area contributed by atoms with E-state index in [2.05, 4.69) is 11.4 Å². The molecular formula is C25H28N4O3S. The first-order valence-corrected chi connectivity index (χ1v) is 12.1. The van der Waals surface area contributed by atoms with Gasteiger partial charge in [-0.25, -0.2) is 0 Å². The molecular weight excluding hydrogens is 436 g/mol. The monoisotopic (exact) mass is 464 g/mol. The molecule has 4 rings (SSSR count). The first-order chi connectivity index (χ1) is 16.0. The van der Waals surface area contributed by atoms with Crippen LogP contribution in [0.15, 0.2) is 36.4 Å². The molecule has 1 aliphatic heterocycles. The lowest BCUT2D eigenvalue weighted by Crippen LogP contribution is -2.43. The van der Waals surface area contributed by atoms with Crippen molar-refractivity contribution in [2.45, 2.75) is 32.7 Å². The Morgan fingerprint density at radius 2 is 1.94 bits per heavy atom.